The van der Waals surface area contributed by atoms with E-state index in [1.165, 1.54) is 129 Å². The van der Waals surface area contributed by atoms with Gasteiger partial charge in [0, 0.05) is 33.4 Å². The lowest BCUT2D eigenvalue weighted by molar-refractivity contribution is 0.686. The molecular formula is C55H40N2. The molecule has 0 atom stereocenters. The van der Waals surface area contributed by atoms with Crippen molar-refractivity contribution in [3.8, 4) is 39.1 Å². The van der Waals surface area contributed by atoms with Crippen molar-refractivity contribution in [3.05, 3.63) is 193 Å². The molecule has 2 aliphatic rings. The summed E-state index contributed by atoms with van der Waals surface area (Å²) in [6.45, 7) is 2.17. The van der Waals surface area contributed by atoms with Crippen molar-refractivity contribution in [2.45, 2.75) is 32.6 Å². The molecule has 0 bridgehead atoms. The first-order valence-corrected chi connectivity index (χ1v) is 20.4. The molecule has 9 aromatic carbocycles. The minimum absolute atomic E-state index is 1.10. The summed E-state index contributed by atoms with van der Waals surface area (Å²) in [6.07, 6.45) is 4.71. The van der Waals surface area contributed by atoms with E-state index < -0.39 is 0 Å². The van der Waals surface area contributed by atoms with Crippen LogP contribution in [0.25, 0.3) is 82.4 Å². The summed E-state index contributed by atoms with van der Waals surface area (Å²) in [5, 5.41) is 7.65. The first kappa shape index (κ1) is 32.4. The fourth-order valence-electron chi connectivity index (χ4n) is 9.89. The maximum absolute atomic E-state index is 2.54. The number of aromatic nitrogens is 1. The molecule has 0 spiro atoms. The first-order chi connectivity index (χ1) is 28.2. The van der Waals surface area contributed by atoms with Crippen LogP contribution < -0.4 is 4.90 Å². The molecule has 270 valence electrons. The zero-order valence-corrected chi connectivity index (χ0v) is 32.0. The fourth-order valence-corrected chi connectivity index (χ4v) is 9.89. The molecule has 2 heteroatoms. The predicted octanol–water partition coefficient (Wildman–Crippen LogP) is 15.1. The summed E-state index contributed by atoms with van der Waals surface area (Å²) in [7, 11) is 0. The van der Waals surface area contributed by atoms with Crippen LogP contribution >= 0.6 is 0 Å². The summed E-state index contributed by atoms with van der Waals surface area (Å²) in [5.74, 6) is 0. The number of para-hydroxylation sites is 2. The Hall–Kier alpha value is -6.90. The highest BCUT2D eigenvalue weighted by molar-refractivity contribution is 6.13. The van der Waals surface area contributed by atoms with Gasteiger partial charge in [0.2, 0.25) is 0 Å². The van der Waals surface area contributed by atoms with Crippen LogP contribution in [-0.2, 0) is 12.8 Å². The van der Waals surface area contributed by atoms with Crippen molar-refractivity contribution in [2.24, 2.45) is 0 Å². The molecule has 12 rings (SSSR count). The van der Waals surface area contributed by atoms with Gasteiger partial charge in [0.15, 0.2) is 0 Å². The topological polar surface area (TPSA) is 8.17 Å². The molecule has 0 amide bonds. The van der Waals surface area contributed by atoms with Crippen molar-refractivity contribution >= 4 is 60.4 Å². The highest BCUT2D eigenvalue weighted by atomic mass is 15.1. The summed E-state index contributed by atoms with van der Waals surface area (Å²) >= 11 is 0. The number of benzene rings is 9. The maximum atomic E-state index is 2.54. The van der Waals surface area contributed by atoms with Gasteiger partial charge in [0.25, 0.3) is 0 Å². The number of rotatable bonds is 5. The Labute approximate surface area is 332 Å². The molecule has 2 nitrogen and oxygen atoms in total. The van der Waals surface area contributed by atoms with E-state index >= 15 is 0 Å². The van der Waals surface area contributed by atoms with Gasteiger partial charge in [-0.1, -0.05) is 109 Å². The van der Waals surface area contributed by atoms with Gasteiger partial charge in [-0.3, -0.25) is 0 Å². The van der Waals surface area contributed by atoms with Gasteiger partial charge < -0.3 is 9.47 Å². The second-order valence-corrected chi connectivity index (χ2v) is 16.1. The Morgan fingerprint density at radius 3 is 1.72 bits per heavy atom. The lowest BCUT2D eigenvalue weighted by atomic mass is 9.78. The molecule has 0 fully saturated rings. The van der Waals surface area contributed by atoms with Gasteiger partial charge in [-0.2, -0.15) is 0 Å². The Morgan fingerprint density at radius 2 is 1.02 bits per heavy atom. The molecule has 1 heterocycles. The van der Waals surface area contributed by atoms with Gasteiger partial charge >= 0.3 is 0 Å². The van der Waals surface area contributed by atoms with Crippen LogP contribution in [0.15, 0.2) is 176 Å². The smallest absolute Gasteiger partial charge is 0.0574 e. The number of aryl methyl sites for hydroxylation is 2. The third-order valence-corrected chi connectivity index (χ3v) is 12.7. The highest BCUT2D eigenvalue weighted by Crippen LogP contribution is 2.52. The molecular weight excluding hydrogens is 689 g/mol. The molecule has 0 N–H and O–H groups in total. The zero-order chi connectivity index (χ0) is 37.6. The van der Waals surface area contributed by atoms with E-state index in [0.717, 1.165) is 12.8 Å². The fraction of sp³-hybridized carbons (Fsp3) is 0.0909. The average Bonchev–Trinajstić information content (AvgIpc) is 3.60. The molecule has 10 aromatic rings. The van der Waals surface area contributed by atoms with Crippen molar-refractivity contribution in [3.63, 3.8) is 0 Å². The second kappa shape index (κ2) is 12.6. The number of hydrogen-bond donors (Lipinski definition) is 0. The van der Waals surface area contributed by atoms with Crippen LogP contribution in [0, 0.1) is 6.92 Å². The van der Waals surface area contributed by atoms with Crippen molar-refractivity contribution < 1.29 is 0 Å². The summed E-state index contributed by atoms with van der Waals surface area (Å²) in [5.41, 5.74) is 19.5. The molecule has 0 saturated carbocycles. The minimum Gasteiger partial charge on any atom is -0.310 e. The van der Waals surface area contributed by atoms with Gasteiger partial charge in [0.05, 0.1) is 16.7 Å². The Morgan fingerprint density at radius 1 is 0.439 bits per heavy atom. The minimum atomic E-state index is 1.10. The Bertz CT molecular complexity index is 3190. The zero-order valence-electron chi connectivity index (χ0n) is 32.0. The molecule has 57 heavy (non-hydrogen) atoms. The number of fused-ring (bicyclic) bond motifs is 10. The number of nitrogens with zero attached hydrogens (tertiary/aromatic N) is 2. The van der Waals surface area contributed by atoms with E-state index in [0.29, 0.717) is 0 Å². The molecule has 2 aliphatic carbocycles. The van der Waals surface area contributed by atoms with Gasteiger partial charge in [-0.05, 0) is 166 Å². The third-order valence-electron chi connectivity index (χ3n) is 12.7. The average molecular weight is 729 g/mol. The lowest BCUT2D eigenvalue weighted by Gasteiger charge is -2.33. The van der Waals surface area contributed by atoms with Crippen LogP contribution in [-0.4, -0.2) is 4.57 Å². The summed E-state index contributed by atoms with van der Waals surface area (Å²) in [4.78, 5) is 2.54. The van der Waals surface area contributed by atoms with E-state index in [2.05, 4.69) is 192 Å². The van der Waals surface area contributed by atoms with Gasteiger partial charge in [-0.15, -0.1) is 0 Å². The Kier molecular flexibility index (Phi) is 7.13. The van der Waals surface area contributed by atoms with E-state index in [9.17, 15) is 0 Å². The van der Waals surface area contributed by atoms with Crippen LogP contribution in [0.3, 0.4) is 0 Å². The van der Waals surface area contributed by atoms with Crippen LogP contribution in [0.1, 0.15) is 29.5 Å². The molecule has 0 unspecified atom stereocenters. The normalized spacial score (nSPS) is 13.1. The monoisotopic (exact) mass is 728 g/mol. The summed E-state index contributed by atoms with van der Waals surface area (Å²) < 4.78 is 2.41. The number of anilines is 3. The third kappa shape index (κ3) is 5.03. The van der Waals surface area contributed by atoms with Crippen molar-refractivity contribution in [1.29, 1.82) is 0 Å². The first-order valence-electron chi connectivity index (χ1n) is 20.4. The molecule has 0 aliphatic heterocycles. The van der Waals surface area contributed by atoms with Crippen LogP contribution in [0.5, 0.6) is 0 Å². The second-order valence-electron chi connectivity index (χ2n) is 16.1. The molecule has 0 saturated heterocycles. The quantitative estimate of drug-likeness (QED) is 0.171. The van der Waals surface area contributed by atoms with Gasteiger partial charge in [0.1, 0.15) is 0 Å². The standard InChI is InChI=1S/C55H40N2/c1-35-19-24-42(25-20-35)56(55-45-14-6-5-13-37(45)23-28-46(55)36-11-3-2-4-12-36)43-26-21-38-31-49-51(33-40(38)29-43)50-32-39-22-27-44(30-41(39)34-52(49)50)57-53-17-9-7-15-47(53)48-16-8-10-18-54(48)57/h2-4,7-12,15-34H,5-6,13-14H2,1H3. The molecule has 0 radical (unpaired) electrons. The van der Waals surface area contributed by atoms with E-state index in [-0.39, 0.29) is 0 Å². The van der Waals surface area contributed by atoms with Crippen LogP contribution in [0.4, 0.5) is 17.1 Å². The van der Waals surface area contributed by atoms with Gasteiger partial charge in [-0.25, -0.2) is 0 Å². The van der Waals surface area contributed by atoms with Crippen molar-refractivity contribution in [2.75, 3.05) is 4.90 Å². The Balaban J connectivity index is 0.985. The highest BCUT2D eigenvalue weighted by Gasteiger charge is 2.27. The molecule has 1 aromatic heterocycles. The number of hydrogen-bond acceptors (Lipinski definition) is 1. The van der Waals surface area contributed by atoms with E-state index in [4.69, 9.17) is 0 Å². The maximum Gasteiger partial charge on any atom is 0.0574 e. The predicted molar refractivity (Wildman–Crippen MR) is 242 cm³/mol. The van der Waals surface area contributed by atoms with Crippen LogP contribution in [0.2, 0.25) is 0 Å². The largest absolute Gasteiger partial charge is 0.310 e. The summed E-state index contributed by atoms with van der Waals surface area (Å²) in [6, 6.07) is 66.0. The lowest BCUT2D eigenvalue weighted by Crippen LogP contribution is -2.16. The van der Waals surface area contributed by atoms with E-state index in [1.807, 2.05) is 0 Å². The SMILES string of the molecule is Cc1ccc(N(c2ccc3cc4c(cc3c2)-c2cc3ccc(-n5c6ccccc6c6ccccc65)cc3cc2-4)c2c(-c3ccccc3)ccc3c2CCCC3)cc1. The van der Waals surface area contributed by atoms with Crippen molar-refractivity contribution in [1.82, 2.24) is 4.57 Å². The van der Waals surface area contributed by atoms with E-state index in [1.54, 1.807) is 0 Å².